The Hall–Kier alpha value is -2.18. The largest absolute Gasteiger partial charge is 0.349 e. The summed E-state index contributed by atoms with van der Waals surface area (Å²) in [6.45, 7) is 5.33. The van der Waals surface area contributed by atoms with Crippen LogP contribution in [-0.4, -0.2) is 42.4 Å². The zero-order valence-corrected chi connectivity index (χ0v) is 17.7. The molecule has 2 N–H and O–H groups in total. The molecule has 0 unspecified atom stereocenters. The molecule has 1 aliphatic rings. The van der Waals surface area contributed by atoms with Crippen molar-refractivity contribution in [2.75, 3.05) is 25.0 Å². The lowest BCUT2D eigenvalue weighted by atomic mass is 10.0. The van der Waals surface area contributed by atoms with E-state index >= 15 is 0 Å². The molecule has 0 atom stereocenters. The van der Waals surface area contributed by atoms with Gasteiger partial charge in [0.2, 0.25) is 0 Å². The van der Waals surface area contributed by atoms with E-state index in [1.54, 1.807) is 18.2 Å². The maximum Gasteiger partial charge on any atom is 0.256 e. The summed E-state index contributed by atoms with van der Waals surface area (Å²) < 4.78 is 0.716. The molecular formula is C22H26BrN3O2. The number of likely N-dealkylation sites (tertiary alicyclic amines) is 1. The van der Waals surface area contributed by atoms with Crippen molar-refractivity contribution >= 4 is 33.4 Å². The quantitative estimate of drug-likeness (QED) is 0.698. The molecule has 0 aliphatic carbocycles. The summed E-state index contributed by atoms with van der Waals surface area (Å²) in [5, 5.41) is 6.01. The highest BCUT2D eigenvalue weighted by atomic mass is 79.9. The van der Waals surface area contributed by atoms with Crippen LogP contribution >= 0.6 is 15.9 Å². The van der Waals surface area contributed by atoms with Crippen LogP contribution in [0.1, 0.15) is 46.9 Å². The van der Waals surface area contributed by atoms with Crippen molar-refractivity contribution in [1.82, 2.24) is 10.2 Å². The third-order valence-electron chi connectivity index (χ3n) is 5.00. The molecule has 1 saturated heterocycles. The molecule has 148 valence electrons. The number of carbonyl (C=O) groups excluding carboxylic acids is 2. The smallest absolute Gasteiger partial charge is 0.256 e. The topological polar surface area (TPSA) is 61.4 Å². The number of halogens is 1. The van der Waals surface area contributed by atoms with Gasteiger partial charge in [-0.2, -0.15) is 0 Å². The number of para-hydroxylation sites is 1. The van der Waals surface area contributed by atoms with Gasteiger partial charge < -0.3 is 15.5 Å². The van der Waals surface area contributed by atoms with E-state index in [1.807, 2.05) is 30.3 Å². The molecule has 0 spiro atoms. The van der Waals surface area contributed by atoms with Crippen molar-refractivity contribution in [1.29, 1.82) is 0 Å². The summed E-state index contributed by atoms with van der Waals surface area (Å²) in [5.41, 5.74) is 1.53. The molecule has 5 nitrogen and oxygen atoms in total. The predicted molar refractivity (Wildman–Crippen MR) is 116 cm³/mol. The van der Waals surface area contributed by atoms with Crippen molar-refractivity contribution in [3.05, 3.63) is 64.1 Å². The number of amides is 2. The van der Waals surface area contributed by atoms with E-state index in [0.29, 0.717) is 21.3 Å². The molecule has 2 aromatic carbocycles. The Bertz CT molecular complexity index is 832. The highest BCUT2D eigenvalue weighted by molar-refractivity contribution is 9.10. The monoisotopic (exact) mass is 443 g/mol. The second kappa shape index (κ2) is 9.85. The minimum Gasteiger partial charge on any atom is -0.349 e. The summed E-state index contributed by atoms with van der Waals surface area (Å²) in [7, 11) is 0. The fraction of sp³-hybridized carbons (Fsp3) is 0.364. The molecule has 0 aromatic heterocycles. The third-order valence-corrected chi connectivity index (χ3v) is 5.69. The SMILES string of the molecule is CCCN1CCC(NC(=O)c2ccccc2NC(=O)c2ccccc2Br)CC1. The van der Waals surface area contributed by atoms with Crippen molar-refractivity contribution < 1.29 is 9.59 Å². The van der Waals surface area contributed by atoms with E-state index in [1.165, 1.54) is 0 Å². The van der Waals surface area contributed by atoms with Crippen molar-refractivity contribution in [3.63, 3.8) is 0 Å². The zero-order chi connectivity index (χ0) is 19.9. The summed E-state index contributed by atoms with van der Waals surface area (Å²) in [4.78, 5) is 27.9. The van der Waals surface area contributed by atoms with Crippen LogP contribution in [0.25, 0.3) is 0 Å². The number of piperidine rings is 1. The van der Waals surface area contributed by atoms with Crippen LogP contribution in [0.15, 0.2) is 53.0 Å². The Balaban J connectivity index is 1.66. The Kier molecular flexibility index (Phi) is 7.23. The lowest BCUT2D eigenvalue weighted by Crippen LogP contribution is -2.44. The van der Waals surface area contributed by atoms with E-state index in [9.17, 15) is 9.59 Å². The van der Waals surface area contributed by atoms with Crippen LogP contribution in [0.4, 0.5) is 5.69 Å². The summed E-state index contributed by atoms with van der Waals surface area (Å²) in [6.07, 6.45) is 3.07. The molecule has 2 aromatic rings. The van der Waals surface area contributed by atoms with Gasteiger partial charge in [0.15, 0.2) is 0 Å². The molecule has 2 amide bonds. The number of hydrogen-bond donors (Lipinski definition) is 2. The van der Waals surface area contributed by atoms with E-state index in [2.05, 4.69) is 38.4 Å². The first-order valence-electron chi connectivity index (χ1n) is 9.76. The first kappa shape index (κ1) is 20.6. The van der Waals surface area contributed by atoms with E-state index in [0.717, 1.165) is 38.9 Å². The molecule has 1 fully saturated rings. The molecule has 0 radical (unpaired) electrons. The molecule has 0 bridgehead atoms. The standard InChI is InChI=1S/C22H26BrN3O2/c1-2-13-26-14-11-16(12-15-26)24-22(28)18-8-4-6-10-20(18)25-21(27)17-7-3-5-9-19(17)23/h3-10,16H,2,11-15H2,1H3,(H,24,28)(H,25,27). The third kappa shape index (κ3) is 5.20. The Morgan fingerprint density at radius 3 is 2.32 bits per heavy atom. The molecule has 0 saturated carbocycles. The highest BCUT2D eigenvalue weighted by Gasteiger charge is 2.22. The van der Waals surface area contributed by atoms with Crippen molar-refractivity contribution in [2.45, 2.75) is 32.2 Å². The van der Waals surface area contributed by atoms with Crippen LogP contribution in [-0.2, 0) is 0 Å². The van der Waals surface area contributed by atoms with Gasteiger partial charge in [0, 0.05) is 23.6 Å². The Labute approximate surface area is 174 Å². The highest BCUT2D eigenvalue weighted by Crippen LogP contribution is 2.21. The minimum atomic E-state index is -0.249. The van der Waals surface area contributed by atoms with Gasteiger partial charge in [0.25, 0.3) is 11.8 Å². The zero-order valence-electron chi connectivity index (χ0n) is 16.1. The van der Waals surface area contributed by atoms with E-state index < -0.39 is 0 Å². The molecule has 3 rings (SSSR count). The lowest BCUT2D eigenvalue weighted by molar-refractivity contribution is 0.0912. The summed E-state index contributed by atoms with van der Waals surface area (Å²) in [5.74, 6) is -0.391. The fourth-order valence-corrected chi connectivity index (χ4v) is 3.97. The number of nitrogens with zero attached hydrogens (tertiary/aromatic N) is 1. The normalized spacial score (nSPS) is 15.2. The van der Waals surface area contributed by atoms with E-state index in [4.69, 9.17) is 0 Å². The van der Waals surface area contributed by atoms with Crippen LogP contribution in [0.2, 0.25) is 0 Å². The number of benzene rings is 2. The maximum absolute atomic E-state index is 12.8. The number of hydrogen-bond acceptors (Lipinski definition) is 3. The second-order valence-corrected chi connectivity index (χ2v) is 7.92. The average Bonchev–Trinajstić information content (AvgIpc) is 2.70. The van der Waals surface area contributed by atoms with Gasteiger partial charge in [0.1, 0.15) is 0 Å². The van der Waals surface area contributed by atoms with Gasteiger partial charge in [-0.1, -0.05) is 31.2 Å². The molecule has 28 heavy (non-hydrogen) atoms. The number of anilines is 1. The van der Waals surface area contributed by atoms with Gasteiger partial charge in [-0.05, 0) is 66.0 Å². The van der Waals surface area contributed by atoms with Crippen LogP contribution in [0.3, 0.4) is 0 Å². The summed E-state index contributed by atoms with van der Waals surface area (Å²) in [6, 6.07) is 14.5. The van der Waals surface area contributed by atoms with Gasteiger partial charge >= 0.3 is 0 Å². The molecular weight excluding hydrogens is 418 g/mol. The van der Waals surface area contributed by atoms with Gasteiger partial charge in [-0.25, -0.2) is 0 Å². The lowest BCUT2D eigenvalue weighted by Gasteiger charge is -2.32. The molecule has 1 heterocycles. The predicted octanol–water partition coefficient (Wildman–Crippen LogP) is 4.31. The first-order chi connectivity index (χ1) is 13.6. The number of rotatable bonds is 6. The van der Waals surface area contributed by atoms with Gasteiger partial charge in [-0.3, -0.25) is 9.59 Å². The molecule has 1 aliphatic heterocycles. The van der Waals surface area contributed by atoms with Gasteiger partial charge in [0.05, 0.1) is 16.8 Å². The maximum atomic E-state index is 12.8. The average molecular weight is 444 g/mol. The van der Waals surface area contributed by atoms with Crippen molar-refractivity contribution in [2.24, 2.45) is 0 Å². The summed E-state index contributed by atoms with van der Waals surface area (Å²) >= 11 is 3.40. The minimum absolute atomic E-state index is 0.142. The Morgan fingerprint density at radius 2 is 1.64 bits per heavy atom. The van der Waals surface area contributed by atoms with Crippen molar-refractivity contribution in [3.8, 4) is 0 Å². The van der Waals surface area contributed by atoms with Crippen LogP contribution in [0, 0.1) is 0 Å². The van der Waals surface area contributed by atoms with Crippen LogP contribution in [0.5, 0.6) is 0 Å². The van der Waals surface area contributed by atoms with Crippen LogP contribution < -0.4 is 10.6 Å². The first-order valence-corrected chi connectivity index (χ1v) is 10.6. The van der Waals surface area contributed by atoms with Gasteiger partial charge in [-0.15, -0.1) is 0 Å². The molecule has 6 heteroatoms. The Morgan fingerprint density at radius 1 is 1.00 bits per heavy atom. The number of carbonyl (C=O) groups is 2. The fourth-order valence-electron chi connectivity index (χ4n) is 3.51. The number of nitrogens with one attached hydrogen (secondary N) is 2. The second-order valence-electron chi connectivity index (χ2n) is 7.07. The van der Waals surface area contributed by atoms with E-state index in [-0.39, 0.29) is 17.9 Å².